The normalized spacial score (nSPS) is 14.1. The molecule has 1 aromatic carbocycles. The van der Waals surface area contributed by atoms with Crippen LogP contribution in [0, 0.1) is 6.92 Å². The number of aliphatic imine (C=N–C) groups is 1. The van der Waals surface area contributed by atoms with E-state index in [9.17, 15) is 4.79 Å². The molecule has 1 amide bonds. The lowest BCUT2D eigenvalue weighted by Gasteiger charge is -2.08. The maximum atomic E-state index is 12.0. The van der Waals surface area contributed by atoms with Crippen molar-refractivity contribution >= 4 is 38.9 Å². The van der Waals surface area contributed by atoms with E-state index in [4.69, 9.17) is 0 Å². The van der Waals surface area contributed by atoms with Gasteiger partial charge in [-0.05, 0) is 30.7 Å². The number of halogens is 1. The van der Waals surface area contributed by atoms with Crippen LogP contribution >= 0.6 is 15.9 Å². The van der Waals surface area contributed by atoms with Crippen LogP contribution in [0.15, 0.2) is 40.1 Å². The van der Waals surface area contributed by atoms with E-state index in [2.05, 4.69) is 36.4 Å². The number of carbonyl (C=O) groups is 1. The maximum absolute atomic E-state index is 12.0. The highest BCUT2D eigenvalue weighted by Crippen LogP contribution is 2.35. The molecule has 0 bridgehead atoms. The summed E-state index contributed by atoms with van der Waals surface area (Å²) in [6.45, 7) is 1.97. The summed E-state index contributed by atoms with van der Waals surface area (Å²) < 4.78 is 0.915. The number of hydrogen-bond donors (Lipinski definition) is 1. The van der Waals surface area contributed by atoms with Crippen molar-refractivity contribution in [1.29, 1.82) is 0 Å². The lowest BCUT2D eigenvalue weighted by molar-refractivity contribution is -0.115. The van der Waals surface area contributed by atoms with E-state index in [0.717, 1.165) is 27.0 Å². The van der Waals surface area contributed by atoms with Gasteiger partial charge >= 0.3 is 0 Å². The van der Waals surface area contributed by atoms with Gasteiger partial charge < -0.3 is 5.32 Å². The quantitative estimate of drug-likeness (QED) is 0.873. The van der Waals surface area contributed by atoms with Gasteiger partial charge in [-0.2, -0.15) is 10.2 Å². The molecule has 0 atom stereocenters. The third-order valence-electron chi connectivity index (χ3n) is 3.03. The average Bonchev–Trinajstić information content (AvgIpc) is 2.58. The molecule has 2 aromatic rings. The number of aromatic nitrogens is 2. The Morgan fingerprint density at radius 2 is 2.15 bits per heavy atom. The summed E-state index contributed by atoms with van der Waals surface area (Å²) in [4.78, 5) is 16.7. The van der Waals surface area contributed by atoms with Gasteiger partial charge in [-0.3, -0.25) is 4.79 Å². The third-order valence-corrected chi connectivity index (χ3v) is 3.49. The molecule has 3 rings (SSSR count). The number of amides is 1. The van der Waals surface area contributed by atoms with E-state index in [1.54, 1.807) is 18.5 Å². The van der Waals surface area contributed by atoms with Crippen molar-refractivity contribution in [2.45, 2.75) is 13.3 Å². The summed E-state index contributed by atoms with van der Waals surface area (Å²) in [6, 6.07) is 5.64. The molecule has 100 valence electrons. The van der Waals surface area contributed by atoms with Crippen LogP contribution in [0.3, 0.4) is 0 Å². The summed E-state index contributed by atoms with van der Waals surface area (Å²) in [5.41, 5.74) is 4.01. The summed E-state index contributed by atoms with van der Waals surface area (Å²) in [7, 11) is 0. The molecule has 2 heterocycles. The van der Waals surface area contributed by atoms with Gasteiger partial charge in [-0.15, -0.1) is 0 Å². The molecule has 1 N–H and O–H groups in total. The van der Waals surface area contributed by atoms with Crippen molar-refractivity contribution in [3.8, 4) is 0 Å². The van der Waals surface area contributed by atoms with Crippen molar-refractivity contribution < 1.29 is 4.79 Å². The minimum Gasteiger partial charge on any atom is -0.324 e. The van der Waals surface area contributed by atoms with Crippen LogP contribution in [0.5, 0.6) is 0 Å². The van der Waals surface area contributed by atoms with Crippen LogP contribution in [0.2, 0.25) is 0 Å². The standard InChI is InChI=1S/C14H11BrN4O/c1-8-4-10(15)5-12-14(8)19-11(6-13(20)18-12)9-2-3-16-17-7-9/h2-5,7H,6H2,1H3,(H,18,20). The number of anilines is 1. The molecule has 6 heteroatoms. The fourth-order valence-corrected chi connectivity index (χ4v) is 2.70. The maximum Gasteiger partial charge on any atom is 0.230 e. The molecular formula is C14H11BrN4O. The van der Waals surface area contributed by atoms with E-state index in [-0.39, 0.29) is 12.3 Å². The number of benzene rings is 1. The Hall–Kier alpha value is -2.08. The lowest BCUT2D eigenvalue weighted by Crippen LogP contribution is -2.15. The third kappa shape index (κ3) is 2.46. The Morgan fingerprint density at radius 1 is 1.30 bits per heavy atom. The van der Waals surface area contributed by atoms with Gasteiger partial charge in [-0.25, -0.2) is 4.99 Å². The van der Waals surface area contributed by atoms with Gasteiger partial charge in [0.2, 0.25) is 5.91 Å². The molecule has 20 heavy (non-hydrogen) atoms. The lowest BCUT2D eigenvalue weighted by atomic mass is 10.1. The van der Waals surface area contributed by atoms with Crippen molar-refractivity contribution in [2.75, 3.05) is 5.32 Å². The predicted octanol–water partition coefficient (Wildman–Crippen LogP) is 3.01. The van der Waals surface area contributed by atoms with Crippen LogP contribution in [0.1, 0.15) is 17.5 Å². The molecule has 0 unspecified atom stereocenters. The molecule has 5 nitrogen and oxygen atoms in total. The topological polar surface area (TPSA) is 67.2 Å². The van der Waals surface area contributed by atoms with Crippen LogP contribution in [0.4, 0.5) is 11.4 Å². The molecule has 0 saturated heterocycles. The number of hydrogen-bond acceptors (Lipinski definition) is 4. The highest BCUT2D eigenvalue weighted by molar-refractivity contribution is 9.10. The van der Waals surface area contributed by atoms with Crippen LogP contribution in [0.25, 0.3) is 0 Å². The van der Waals surface area contributed by atoms with E-state index >= 15 is 0 Å². The minimum absolute atomic E-state index is 0.0863. The highest BCUT2D eigenvalue weighted by Gasteiger charge is 2.19. The second kappa shape index (κ2) is 5.13. The Bertz CT molecular complexity index is 713. The number of aryl methyl sites for hydroxylation is 1. The first-order chi connectivity index (χ1) is 9.63. The summed E-state index contributed by atoms with van der Waals surface area (Å²) in [5, 5.41) is 10.5. The van der Waals surface area contributed by atoms with Gasteiger partial charge in [0.25, 0.3) is 0 Å². The largest absolute Gasteiger partial charge is 0.324 e. The average molecular weight is 331 g/mol. The van der Waals surface area contributed by atoms with E-state index in [1.165, 1.54) is 0 Å². The fourth-order valence-electron chi connectivity index (χ4n) is 2.13. The molecule has 0 spiro atoms. The second-order valence-corrected chi connectivity index (χ2v) is 5.45. The van der Waals surface area contributed by atoms with Gasteiger partial charge in [0.15, 0.2) is 0 Å². The number of nitrogens with zero attached hydrogens (tertiary/aromatic N) is 3. The van der Waals surface area contributed by atoms with Gasteiger partial charge in [0.05, 0.1) is 35.9 Å². The first-order valence-corrected chi connectivity index (χ1v) is 6.87. The molecule has 1 aromatic heterocycles. The van der Waals surface area contributed by atoms with E-state index in [1.807, 2.05) is 19.1 Å². The van der Waals surface area contributed by atoms with E-state index in [0.29, 0.717) is 5.71 Å². The van der Waals surface area contributed by atoms with Gasteiger partial charge in [0.1, 0.15) is 0 Å². The monoisotopic (exact) mass is 330 g/mol. The zero-order chi connectivity index (χ0) is 14.1. The summed E-state index contributed by atoms with van der Waals surface area (Å²) >= 11 is 3.43. The molecule has 0 fully saturated rings. The predicted molar refractivity (Wildman–Crippen MR) is 80.4 cm³/mol. The number of carbonyl (C=O) groups excluding carboxylic acids is 1. The number of nitrogens with one attached hydrogen (secondary N) is 1. The zero-order valence-electron chi connectivity index (χ0n) is 10.7. The van der Waals surface area contributed by atoms with Gasteiger partial charge in [0, 0.05) is 10.0 Å². The fraction of sp³-hybridized carbons (Fsp3) is 0.143. The second-order valence-electron chi connectivity index (χ2n) is 4.53. The number of rotatable bonds is 1. The van der Waals surface area contributed by atoms with Crippen molar-refractivity contribution in [3.05, 3.63) is 46.2 Å². The Morgan fingerprint density at radius 3 is 2.90 bits per heavy atom. The van der Waals surface area contributed by atoms with Gasteiger partial charge in [-0.1, -0.05) is 15.9 Å². The molecule has 1 aliphatic rings. The first-order valence-electron chi connectivity index (χ1n) is 6.08. The van der Waals surface area contributed by atoms with Crippen LogP contribution < -0.4 is 5.32 Å². The molecule has 0 saturated carbocycles. The summed E-state index contributed by atoms with van der Waals surface area (Å²) in [6.07, 6.45) is 3.43. The van der Waals surface area contributed by atoms with E-state index < -0.39 is 0 Å². The Balaban J connectivity index is 2.17. The Labute approximate surface area is 124 Å². The highest BCUT2D eigenvalue weighted by atomic mass is 79.9. The molecule has 0 radical (unpaired) electrons. The summed E-state index contributed by atoms with van der Waals surface area (Å²) in [5.74, 6) is -0.0863. The molecular weight excluding hydrogens is 320 g/mol. The van der Waals surface area contributed by atoms with Crippen LogP contribution in [-0.2, 0) is 4.79 Å². The molecule has 0 aliphatic carbocycles. The SMILES string of the molecule is Cc1cc(Br)cc2c1N=C(c1ccnnc1)CC(=O)N2. The van der Waals surface area contributed by atoms with Crippen molar-refractivity contribution in [1.82, 2.24) is 10.2 Å². The number of fused-ring (bicyclic) bond motifs is 1. The van der Waals surface area contributed by atoms with Crippen LogP contribution in [-0.4, -0.2) is 21.8 Å². The Kier molecular flexibility index (Phi) is 3.31. The smallest absolute Gasteiger partial charge is 0.230 e. The van der Waals surface area contributed by atoms with Crippen molar-refractivity contribution in [2.24, 2.45) is 4.99 Å². The zero-order valence-corrected chi connectivity index (χ0v) is 12.3. The van der Waals surface area contributed by atoms with Crippen molar-refractivity contribution in [3.63, 3.8) is 0 Å². The minimum atomic E-state index is -0.0863. The first kappa shape index (κ1) is 12.9. The molecule has 1 aliphatic heterocycles.